The summed E-state index contributed by atoms with van der Waals surface area (Å²) in [7, 11) is 1.50. The summed E-state index contributed by atoms with van der Waals surface area (Å²) < 4.78 is 24.9. The fraction of sp³-hybridized carbons (Fsp3) is 0.158. The van der Waals surface area contributed by atoms with E-state index in [0.717, 1.165) is 0 Å². The van der Waals surface area contributed by atoms with Crippen LogP contribution in [0.4, 0.5) is 10.2 Å². The molecule has 9 heteroatoms. The van der Waals surface area contributed by atoms with Crippen LogP contribution in [0.25, 0.3) is 11.1 Å². The summed E-state index contributed by atoms with van der Waals surface area (Å²) in [6, 6.07) is 6.01. The van der Waals surface area contributed by atoms with Crippen molar-refractivity contribution in [3.8, 4) is 22.6 Å². The molecule has 0 saturated carbocycles. The molecule has 28 heavy (non-hydrogen) atoms. The quantitative estimate of drug-likeness (QED) is 0.389. The van der Waals surface area contributed by atoms with Gasteiger partial charge in [0.05, 0.1) is 12.1 Å². The van der Waals surface area contributed by atoms with Gasteiger partial charge < -0.3 is 15.2 Å². The van der Waals surface area contributed by atoms with Gasteiger partial charge in [0.25, 0.3) is 0 Å². The third kappa shape index (κ3) is 4.09. The van der Waals surface area contributed by atoms with Gasteiger partial charge in [0.2, 0.25) is 0 Å². The molecule has 0 spiro atoms. The largest absolute Gasteiger partial charge is 0.494 e. The highest BCUT2D eigenvalue weighted by molar-refractivity contribution is 6.36. The molecule has 2 heterocycles. The molecule has 0 fully saturated rings. The van der Waals surface area contributed by atoms with Crippen molar-refractivity contribution in [3.63, 3.8) is 0 Å². The van der Waals surface area contributed by atoms with E-state index in [1.807, 2.05) is 0 Å². The average Bonchev–Trinajstić information content (AvgIpc) is 2.67. The fourth-order valence-corrected chi connectivity index (χ4v) is 3.46. The van der Waals surface area contributed by atoms with E-state index < -0.39 is 11.9 Å². The lowest BCUT2D eigenvalue weighted by Gasteiger charge is -2.19. The van der Waals surface area contributed by atoms with Crippen LogP contribution in [0.15, 0.2) is 36.7 Å². The van der Waals surface area contributed by atoms with Crippen LogP contribution in [-0.2, 0) is 0 Å². The van der Waals surface area contributed by atoms with Gasteiger partial charge in [-0.1, -0.05) is 34.8 Å². The lowest BCUT2D eigenvalue weighted by molar-refractivity contribution is 0.227. The zero-order valence-corrected chi connectivity index (χ0v) is 17.1. The predicted octanol–water partition coefficient (Wildman–Crippen LogP) is 5.97. The smallest absolute Gasteiger partial charge is 0.171 e. The Morgan fingerprint density at radius 3 is 2.36 bits per heavy atom. The Balaban J connectivity index is 1.96. The van der Waals surface area contributed by atoms with Crippen molar-refractivity contribution in [2.75, 3.05) is 12.8 Å². The third-order valence-electron chi connectivity index (χ3n) is 4.03. The first-order valence-electron chi connectivity index (χ1n) is 8.07. The molecule has 3 rings (SSSR count). The molecule has 1 unspecified atom stereocenters. The predicted molar refractivity (Wildman–Crippen MR) is 109 cm³/mol. The first-order chi connectivity index (χ1) is 13.3. The molecule has 3 aromatic rings. The average molecular weight is 443 g/mol. The van der Waals surface area contributed by atoms with Crippen LogP contribution >= 0.6 is 34.8 Å². The normalized spacial score (nSPS) is 11.9. The van der Waals surface area contributed by atoms with Gasteiger partial charge in [-0.3, -0.25) is 0 Å². The van der Waals surface area contributed by atoms with Crippen molar-refractivity contribution in [2.24, 2.45) is 0 Å². The van der Waals surface area contributed by atoms with Gasteiger partial charge in [-0.25, -0.2) is 14.4 Å². The maximum Gasteiger partial charge on any atom is 0.171 e. The minimum atomic E-state index is -0.673. The highest BCUT2D eigenvalue weighted by Crippen LogP contribution is 2.37. The van der Waals surface area contributed by atoms with Crippen LogP contribution in [0.3, 0.4) is 0 Å². The lowest BCUT2D eigenvalue weighted by Crippen LogP contribution is -2.08. The maximum atomic E-state index is 13.8. The number of hydrogen-bond acceptors (Lipinski definition) is 5. The second-order valence-electron chi connectivity index (χ2n) is 5.84. The topological polar surface area (TPSA) is 70.3 Å². The second kappa shape index (κ2) is 8.39. The van der Waals surface area contributed by atoms with Crippen LogP contribution in [0, 0.1) is 5.82 Å². The Morgan fingerprint density at radius 1 is 1.04 bits per heavy atom. The van der Waals surface area contributed by atoms with Gasteiger partial charge in [0.1, 0.15) is 11.9 Å². The minimum absolute atomic E-state index is 0.102. The van der Waals surface area contributed by atoms with Crippen molar-refractivity contribution >= 4 is 40.6 Å². The highest BCUT2D eigenvalue weighted by atomic mass is 35.5. The summed E-state index contributed by atoms with van der Waals surface area (Å²) >= 11 is 18.2. The number of ether oxygens (including phenoxy) is 2. The van der Waals surface area contributed by atoms with Gasteiger partial charge in [0.15, 0.2) is 22.5 Å². The molecular weight excluding hydrogens is 428 g/mol. The Morgan fingerprint density at radius 2 is 1.68 bits per heavy atom. The number of nitrogen functional groups attached to an aromatic ring is 1. The van der Waals surface area contributed by atoms with E-state index in [2.05, 4.69) is 9.97 Å². The molecule has 0 aliphatic heterocycles. The summed E-state index contributed by atoms with van der Waals surface area (Å²) in [6.07, 6.45) is 2.47. The Bertz CT molecular complexity index is 1030. The molecular formula is C19H15Cl3FN3O2. The Hall–Kier alpha value is -2.28. The lowest BCUT2D eigenvalue weighted by atomic mass is 10.1. The summed E-state index contributed by atoms with van der Waals surface area (Å²) in [4.78, 5) is 8.24. The van der Waals surface area contributed by atoms with Crippen molar-refractivity contribution in [2.45, 2.75) is 13.0 Å². The van der Waals surface area contributed by atoms with Gasteiger partial charge in [-0.15, -0.1) is 0 Å². The zero-order chi connectivity index (χ0) is 20.4. The fourth-order valence-electron chi connectivity index (χ4n) is 2.60. The molecule has 5 nitrogen and oxygen atoms in total. The number of pyridine rings is 2. The van der Waals surface area contributed by atoms with E-state index in [0.29, 0.717) is 22.4 Å². The molecule has 0 saturated heterocycles. The molecule has 0 bridgehead atoms. The number of methoxy groups -OCH3 is 1. The third-order valence-corrected chi connectivity index (χ3v) is 5.03. The number of aromatic nitrogens is 2. The number of hydrogen-bond donors (Lipinski definition) is 1. The molecule has 1 aromatic carbocycles. The van der Waals surface area contributed by atoms with Crippen LogP contribution in [0.5, 0.6) is 11.5 Å². The van der Waals surface area contributed by atoms with Crippen molar-refractivity contribution < 1.29 is 13.9 Å². The summed E-state index contributed by atoms with van der Waals surface area (Å²) in [5, 5.41) is 0.428. The highest BCUT2D eigenvalue weighted by Gasteiger charge is 2.20. The van der Waals surface area contributed by atoms with Crippen LogP contribution < -0.4 is 15.2 Å². The van der Waals surface area contributed by atoms with Crippen LogP contribution in [0.1, 0.15) is 18.6 Å². The molecule has 0 amide bonds. The first kappa shape index (κ1) is 20.5. The maximum absolute atomic E-state index is 13.8. The molecule has 0 aliphatic rings. The molecule has 2 aromatic heterocycles. The number of rotatable bonds is 5. The number of nitrogens with two attached hydrogens (primary N) is 1. The van der Waals surface area contributed by atoms with Gasteiger partial charge in [-0.05, 0) is 31.2 Å². The number of anilines is 1. The van der Waals surface area contributed by atoms with Crippen molar-refractivity contribution in [3.05, 3.63) is 63.2 Å². The molecule has 2 N–H and O–H groups in total. The summed E-state index contributed by atoms with van der Waals surface area (Å²) in [6.45, 7) is 1.69. The second-order valence-corrected chi connectivity index (χ2v) is 6.98. The molecule has 0 aliphatic carbocycles. The van der Waals surface area contributed by atoms with Crippen LogP contribution in [0.2, 0.25) is 15.2 Å². The van der Waals surface area contributed by atoms with Gasteiger partial charge in [0, 0.05) is 34.1 Å². The Labute approximate surface area is 176 Å². The monoisotopic (exact) mass is 441 g/mol. The first-order valence-corrected chi connectivity index (χ1v) is 9.20. The summed E-state index contributed by atoms with van der Waals surface area (Å²) in [5.74, 6) is 0.282. The SMILES string of the molecule is COc1cc(-c2cnc(N)c(OC(C)c3c(Cl)ccc(F)c3Cl)c2)cnc1Cl. The van der Waals surface area contributed by atoms with Crippen molar-refractivity contribution in [1.29, 1.82) is 0 Å². The molecule has 146 valence electrons. The Kier molecular flexibility index (Phi) is 6.13. The van der Waals surface area contributed by atoms with Crippen LogP contribution in [-0.4, -0.2) is 17.1 Å². The number of halogens is 4. The van der Waals surface area contributed by atoms with E-state index in [1.165, 1.54) is 19.2 Å². The van der Waals surface area contributed by atoms with E-state index in [1.54, 1.807) is 31.5 Å². The van der Waals surface area contributed by atoms with E-state index in [9.17, 15) is 4.39 Å². The number of benzene rings is 1. The molecule has 0 radical (unpaired) electrons. The van der Waals surface area contributed by atoms with Gasteiger partial charge >= 0.3 is 0 Å². The van der Waals surface area contributed by atoms with Gasteiger partial charge in [-0.2, -0.15) is 0 Å². The zero-order valence-electron chi connectivity index (χ0n) is 14.8. The number of nitrogens with zero attached hydrogens (tertiary/aromatic N) is 2. The minimum Gasteiger partial charge on any atom is -0.494 e. The standard InChI is InChI=1S/C19H15Cl3FN3O2/c1-9(16-12(20)3-4-13(23)17(16)21)28-15-6-11(8-26-19(15)24)10-5-14(27-2)18(22)25-7-10/h3-9H,1-2H3,(H2,24,26). The van der Waals surface area contributed by atoms with Crippen molar-refractivity contribution in [1.82, 2.24) is 9.97 Å². The summed E-state index contributed by atoms with van der Waals surface area (Å²) in [5.41, 5.74) is 7.64. The van der Waals surface area contributed by atoms with E-state index in [4.69, 9.17) is 50.0 Å². The molecule has 1 atom stereocenters. The van der Waals surface area contributed by atoms with E-state index in [-0.39, 0.29) is 26.8 Å². The van der Waals surface area contributed by atoms with E-state index >= 15 is 0 Å².